The second-order valence-corrected chi connectivity index (χ2v) is 5.55. The Labute approximate surface area is 117 Å². The third kappa shape index (κ3) is 5.74. The van der Waals surface area contributed by atoms with Gasteiger partial charge in [0.15, 0.2) is 0 Å². The van der Waals surface area contributed by atoms with E-state index in [0.29, 0.717) is 12.0 Å². The van der Waals surface area contributed by atoms with Crippen LogP contribution in [0.1, 0.15) is 38.1 Å². The summed E-state index contributed by atoms with van der Waals surface area (Å²) in [6.07, 6.45) is 3.34. The summed E-state index contributed by atoms with van der Waals surface area (Å²) in [5, 5.41) is 8.07. The van der Waals surface area contributed by atoms with E-state index in [0.717, 1.165) is 31.7 Å². The van der Waals surface area contributed by atoms with E-state index < -0.39 is 0 Å². The van der Waals surface area contributed by atoms with Gasteiger partial charge < -0.3 is 10.1 Å². The maximum atomic E-state index is 5.24. The van der Waals surface area contributed by atoms with E-state index in [4.69, 9.17) is 4.74 Å². The second kappa shape index (κ2) is 8.33. The zero-order valence-electron chi connectivity index (χ0n) is 13.1. The Bertz CT molecular complexity index is 362. The van der Waals surface area contributed by atoms with Gasteiger partial charge in [-0.15, -0.1) is 0 Å². The highest BCUT2D eigenvalue weighted by atomic mass is 16.5. The molecule has 4 nitrogen and oxygen atoms in total. The predicted molar refractivity (Wildman–Crippen MR) is 79.4 cm³/mol. The zero-order valence-corrected chi connectivity index (χ0v) is 13.1. The standard InChI is InChI=1S/C15H29N3O/c1-6-7-16-14(8-12(2)11-19-5)10-15-9-13(3)17-18(15)4/h9,12,14,16H,6-8,10-11H2,1-5H3. The topological polar surface area (TPSA) is 39.1 Å². The van der Waals surface area contributed by atoms with Crippen LogP contribution in [0.5, 0.6) is 0 Å². The van der Waals surface area contributed by atoms with Gasteiger partial charge >= 0.3 is 0 Å². The fourth-order valence-electron chi connectivity index (χ4n) is 2.53. The molecule has 110 valence electrons. The van der Waals surface area contributed by atoms with Gasteiger partial charge in [-0.05, 0) is 38.3 Å². The van der Waals surface area contributed by atoms with Crippen molar-refractivity contribution in [3.05, 3.63) is 17.5 Å². The van der Waals surface area contributed by atoms with Crippen LogP contribution in [0.15, 0.2) is 6.07 Å². The van der Waals surface area contributed by atoms with E-state index in [1.165, 1.54) is 12.1 Å². The van der Waals surface area contributed by atoms with Gasteiger partial charge in [0.1, 0.15) is 0 Å². The molecule has 0 saturated carbocycles. The van der Waals surface area contributed by atoms with Crippen LogP contribution in [0.25, 0.3) is 0 Å². The van der Waals surface area contributed by atoms with Crippen LogP contribution >= 0.6 is 0 Å². The molecule has 0 saturated heterocycles. The number of rotatable bonds is 9. The summed E-state index contributed by atoms with van der Waals surface area (Å²) >= 11 is 0. The van der Waals surface area contributed by atoms with Crippen molar-refractivity contribution in [3.8, 4) is 0 Å². The first kappa shape index (κ1) is 16.2. The quantitative estimate of drug-likeness (QED) is 0.746. The van der Waals surface area contributed by atoms with Crippen LogP contribution in [0, 0.1) is 12.8 Å². The highest BCUT2D eigenvalue weighted by Gasteiger charge is 2.15. The van der Waals surface area contributed by atoms with E-state index in [1.54, 1.807) is 7.11 Å². The largest absolute Gasteiger partial charge is 0.384 e. The molecule has 0 aliphatic carbocycles. The van der Waals surface area contributed by atoms with Gasteiger partial charge in [0.25, 0.3) is 0 Å². The Kier molecular flexibility index (Phi) is 7.10. The van der Waals surface area contributed by atoms with Gasteiger partial charge in [-0.25, -0.2) is 0 Å². The number of hydrogen-bond donors (Lipinski definition) is 1. The molecule has 0 aromatic carbocycles. The van der Waals surface area contributed by atoms with E-state index >= 15 is 0 Å². The van der Waals surface area contributed by atoms with Crippen LogP contribution in [-0.4, -0.2) is 36.1 Å². The molecule has 2 atom stereocenters. The third-order valence-electron chi connectivity index (χ3n) is 3.38. The molecule has 0 bridgehead atoms. The second-order valence-electron chi connectivity index (χ2n) is 5.55. The van der Waals surface area contributed by atoms with Crippen LogP contribution in [0.3, 0.4) is 0 Å². The molecule has 1 rings (SSSR count). The molecule has 19 heavy (non-hydrogen) atoms. The lowest BCUT2D eigenvalue weighted by molar-refractivity contribution is 0.149. The monoisotopic (exact) mass is 267 g/mol. The minimum atomic E-state index is 0.500. The Morgan fingerprint density at radius 3 is 2.74 bits per heavy atom. The van der Waals surface area contributed by atoms with E-state index in [-0.39, 0.29) is 0 Å². The molecule has 0 fully saturated rings. The summed E-state index contributed by atoms with van der Waals surface area (Å²) in [6.45, 7) is 8.40. The highest BCUT2D eigenvalue weighted by molar-refractivity contribution is 5.10. The maximum absolute atomic E-state index is 5.24. The van der Waals surface area contributed by atoms with Crippen molar-refractivity contribution in [1.82, 2.24) is 15.1 Å². The number of ether oxygens (including phenoxy) is 1. The molecule has 4 heteroatoms. The van der Waals surface area contributed by atoms with Gasteiger partial charge in [-0.3, -0.25) is 4.68 Å². The van der Waals surface area contributed by atoms with Crippen molar-refractivity contribution in [2.24, 2.45) is 13.0 Å². The molecular formula is C15H29N3O. The summed E-state index contributed by atoms with van der Waals surface area (Å²) in [5.41, 5.74) is 2.40. The van der Waals surface area contributed by atoms with E-state index in [2.05, 4.69) is 30.3 Å². The van der Waals surface area contributed by atoms with Gasteiger partial charge in [0.05, 0.1) is 5.69 Å². The molecule has 1 N–H and O–H groups in total. The average Bonchev–Trinajstić information content (AvgIpc) is 2.65. The summed E-state index contributed by atoms with van der Waals surface area (Å²) < 4.78 is 7.24. The number of aryl methyl sites for hydroxylation is 2. The molecule has 0 aliphatic rings. The molecule has 1 heterocycles. The van der Waals surface area contributed by atoms with Crippen molar-refractivity contribution in [1.29, 1.82) is 0 Å². The van der Waals surface area contributed by atoms with Crippen molar-refractivity contribution < 1.29 is 4.74 Å². The van der Waals surface area contributed by atoms with Crippen molar-refractivity contribution in [2.75, 3.05) is 20.3 Å². The first-order valence-electron chi connectivity index (χ1n) is 7.28. The Hall–Kier alpha value is -0.870. The summed E-state index contributed by atoms with van der Waals surface area (Å²) in [7, 11) is 3.80. The van der Waals surface area contributed by atoms with Crippen molar-refractivity contribution >= 4 is 0 Å². The summed E-state index contributed by atoms with van der Waals surface area (Å²) in [4.78, 5) is 0. The lowest BCUT2D eigenvalue weighted by atomic mass is 9.98. The van der Waals surface area contributed by atoms with Crippen LogP contribution in [-0.2, 0) is 18.2 Å². The third-order valence-corrected chi connectivity index (χ3v) is 3.38. The first-order chi connectivity index (χ1) is 9.06. The maximum Gasteiger partial charge on any atom is 0.0596 e. The number of nitrogens with one attached hydrogen (secondary N) is 1. The molecule has 0 aliphatic heterocycles. The number of aromatic nitrogens is 2. The fourth-order valence-corrected chi connectivity index (χ4v) is 2.53. The molecule has 1 aromatic heterocycles. The number of methoxy groups -OCH3 is 1. The minimum Gasteiger partial charge on any atom is -0.384 e. The Morgan fingerprint density at radius 2 is 2.21 bits per heavy atom. The smallest absolute Gasteiger partial charge is 0.0596 e. The molecule has 0 radical (unpaired) electrons. The van der Waals surface area contributed by atoms with Crippen LogP contribution in [0.4, 0.5) is 0 Å². The fraction of sp³-hybridized carbons (Fsp3) is 0.800. The number of nitrogens with zero attached hydrogens (tertiary/aromatic N) is 2. The van der Waals surface area contributed by atoms with Gasteiger partial charge in [-0.2, -0.15) is 5.10 Å². The van der Waals surface area contributed by atoms with Gasteiger partial charge in [0, 0.05) is 38.9 Å². The van der Waals surface area contributed by atoms with E-state index in [9.17, 15) is 0 Å². The molecule has 0 spiro atoms. The average molecular weight is 267 g/mol. The molecule has 1 aromatic rings. The first-order valence-corrected chi connectivity index (χ1v) is 7.28. The normalized spacial score (nSPS) is 14.6. The minimum absolute atomic E-state index is 0.500. The number of hydrogen-bond acceptors (Lipinski definition) is 3. The van der Waals surface area contributed by atoms with Crippen LogP contribution < -0.4 is 5.32 Å². The zero-order chi connectivity index (χ0) is 14.3. The Balaban J connectivity index is 2.60. The SMILES string of the molecule is CCCNC(Cc1cc(C)nn1C)CC(C)COC. The lowest BCUT2D eigenvalue weighted by Gasteiger charge is -2.22. The lowest BCUT2D eigenvalue weighted by Crippen LogP contribution is -2.34. The summed E-state index contributed by atoms with van der Waals surface area (Å²) in [5.74, 6) is 0.577. The van der Waals surface area contributed by atoms with Crippen LogP contribution in [0.2, 0.25) is 0 Å². The van der Waals surface area contributed by atoms with Crippen molar-refractivity contribution in [3.63, 3.8) is 0 Å². The summed E-state index contributed by atoms with van der Waals surface area (Å²) in [6, 6.07) is 2.68. The van der Waals surface area contributed by atoms with Crippen molar-refractivity contribution in [2.45, 2.75) is 46.1 Å². The predicted octanol–water partition coefficient (Wildman–Crippen LogP) is 2.31. The van der Waals surface area contributed by atoms with Gasteiger partial charge in [0.2, 0.25) is 0 Å². The molecule has 2 unspecified atom stereocenters. The Morgan fingerprint density at radius 1 is 1.47 bits per heavy atom. The van der Waals surface area contributed by atoms with E-state index in [1.807, 2.05) is 18.7 Å². The van der Waals surface area contributed by atoms with Gasteiger partial charge in [-0.1, -0.05) is 13.8 Å². The highest BCUT2D eigenvalue weighted by Crippen LogP contribution is 2.13. The molecular weight excluding hydrogens is 238 g/mol. The molecule has 0 amide bonds.